The van der Waals surface area contributed by atoms with Gasteiger partial charge in [0.25, 0.3) is 0 Å². The maximum atomic E-state index is 11.7. The number of esters is 1. The third kappa shape index (κ3) is 4.35. The lowest BCUT2D eigenvalue weighted by molar-refractivity contribution is 0.0606. The van der Waals surface area contributed by atoms with Crippen LogP contribution in [0.25, 0.3) is 0 Å². The first-order valence-electron chi connectivity index (χ1n) is 7.65. The second kappa shape index (κ2) is 8.09. The van der Waals surface area contributed by atoms with E-state index in [9.17, 15) is 4.79 Å². The molecule has 0 aliphatic carbocycles. The topological polar surface area (TPSA) is 50.4 Å². The highest BCUT2D eigenvalue weighted by atomic mass is 32.2. The quantitative estimate of drug-likeness (QED) is 0.428. The Morgan fingerprint density at radius 3 is 2.16 bits per heavy atom. The molecule has 0 spiro atoms. The molecule has 1 heterocycles. The molecular weight excluding hydrogens is 352 g/mol. The average molecular weight is 370 g/mol. The van der Waals surface area contributed by atoms with E-state index in [2.05, 4.69) is 10.6 Å². The van der Waals surface area contributed by atoms with E-state index in [0.717, 1.165) is 27.0 Å². The Kier molecular flexibility index (Phi) is 5.63. The zero-order chi connectivity index (χ0) is 17.6. The molecule has 1 aromatic heterocycles. The number of hydrogen-bond donors (Lipinski definition) is 2. The number of methoxy groups -OCH3 is 1. The first-order valence-corrected chi connectivity index (χ1v) is 9.69. The van der Waals surface area contributed by atoms with Crippen LogP contribution in [0.2, 0.25) is 0 Å². The van der Waals surface area contributed by atoms with E-state index in [1.54, 1.807) is 11.8 Å². The van der Waals surface area contributed by atoms with Crippen molar-refractivity contribution < 1.29 is 9.53 Å². The maximum absolute atomic E-state index is 11.7. The molecule has 0 saturated carbocycles. The normalized spacial score (nSPS) is 10.3. The van der Waals surface area contributed by atoms with E-state index >= 15 is 0 Å². The molecule has 0 saturated heterocycles. The molecule has 3 aromatic rings. The van der Waals surface area contributed by atoms with Crippen molar-refractivity contribution in [3.63, 3.8) is 0 Å². The molecule has 0 amide bonds. The second-order valence-electron chi connectivity index (χ2n) is 5.20. The van der Waals surface area contributed by atoms with E-state index in [0.29, 0.717) is 4.88 Å². The summed E-state index contributed by atoms with van der Waals surface area (Å²) in [6, 6.07) is 19.9. The van der Waals surface area contributed by atoms with Crippen molar-refractivity contribution in [2.45, 2.75) is 4.21 Å². The molecule has 2 aromatic carbocycles. The number of anilines is 4. The van der Waals surface area contributed by atoms with Crippen LogP contribution in [0.15, 0.2) is 64.9 Å². The van der Waals surface area contributed by atoms with Crippen molar-refractivity contribution in [1.29, 1.82) is 0 Å². The molecule has 3 rings (SSSR count). The lowest BCUT2D eigenvalue weighted by atomic mass is 10.2. The summed E-state index contributed by atoms with van der Waals surface area (Å²) < 4.78 is 5.85. The molecule has 4 nitrogen and oxygen atoms in total. The maximum Gasteiger partial charge on any atom is 0.348 e. The minimum absolute atomic E-state index is 0.309. The lowest BCUT2D eigenvalue weighted by Crippen LogP contribution is -1.97. The number of carbonyl (C=O) groups is 1. The fourth-order valence-electron chi connectivity index (χ4n) is 2.29. The van der Waals surface area contributed by atoms with Crippen LogP contribution in [0.4, 0.5) is 22.7 Å². The molecule has 0 atom stereocenters. The van der Waals surface area contributed by atoms with Crippen molar-refractivity contribution in [3.8, 4) is 0 Å². The van der Waals surface area contributed by atoms with Gasteiger partial charge in [-0.15, -0.1) is 23.1 Å². The Morgan fingerprint density at radius 2 is 1.56 bits per heavy atom. The van der Waals surface area contributed by atoms with Crippen LogP contribution in [0.1, 0.15) is 9.67 Å². The summed E-state index contributed by atoms with van der Waals surface area (Å²) in [7, 11) is 1.40. The van der Waals surface area contributed by atoms with Gasteiger partial charge in [0.05, 0.1) is 17.0 Å². The Labute approximate surface area is 155 Å². The predicted octanol–water partition coefficient (Wildman–Crippen LogP) is 5.74. The fraction of sp³-hybridized carbons (Fsp3) is 0.105. The number of thiophene rings is 1. The first kappa shape index (κ1) is 17.4. The van der Waals surface area contributed by atoms with Crippen LogP contribution in [0, 0.1) is 0 Å². The first-order chi connectivity index (χ1) is 12.2. The molecule has 0 fully saturated rings. The summed E-state index contributed by atoms with van der Waals surface area (Å²) in [4.78, 5) is 12.3. The van der Waals surface area contributed by atoms with Crippen LogP contribution < -0.4 is 10.6 Å². The third-order valence-corrected chi connectivity index (χ3v) is 5.75. The summed E-state index contributed by atoms with van der Waals surface area (Å²) in [5.41, 5.74) is 3.95. The van der Waals surface area contributed by atoms with Crippen molar-refractivity contribution in [2.24, 2.45) is 0 Å². The Bertz CT molecular complexity index is 846. The molecule has 25 heavy (non-hydrogen) atoms. The average Bonchev–Trinajstić information content (AvgIpc) is 3.06. The monoisotopic (exact) mass is 370 g/mol. The molecule has 0 radical (unpaired) electrons. The van der Waals surface area contributed by atoms with Crippen molar-refractivity contribution in [3.05, 3.63) is 65.5 Å². The summed E-state index contributed by atoms with van der Waals surface area (Å²) in [5.74, 6) is -0.309. The van der Waals surface area contributed by atoms with Crippen LogP contribution in [0.5, 0.6) is 0 Å². The standard InChI is InChI=1S/C19H18N2O2S2/c1-23-18(22)17-12-16(19(24-2)25-17)21-15-10-8-14(9-11-15)20-13-6-4-3-5-7-13/h3-12,20-21H,1-2H3. The van der Waals surface area contributed by atoms with Crippen molar-refractivity contribution in [1.82, 2.24) is 0 Å². The molecular formula is C19H18N2O2S2. The van der Waals surface area contributed by atoms with Gasteiger partial charge < -0.3 is 15.4 Å². The predicted molar refractivity (Wildman–Crippen MR) is 107 cm³/mol. The Morgan fingerprint density at radius 1 is 0.960 bits per heavy atom. The molecule has 0 aliphatic heterocycles. The lowest BCUT2D eigenvalue weighted by Gasteiger charge is -2.09. The number of carbonyl (C=O) groups excluding carboxylic acids is 1. The van der Waals surface area contributed by atoms with Gasteiger partial charge >= 0.3 is 5.97 Å². The number of thioether (sulfide) groups is 1. The van der Waals surface area contributed by atoms with Gasteiger partial charge in [0.1, 0.15) is 4.88 Å². The van der Waals surface area contributed by atoms with Gasteiger partial charge in [-0.05, 0) is 48.7 Å². The number of ether oxygens (including phenoxy) is 1. The van der Waals surface area contributed by atoms with Crippen LogP contribution in [-0.2, 0) is 4.74 Å². The van der Waals surface area contributed by atoms with Crippen LogP contribution in [0.3, 0.4) is 0 Å². The summed E-state index contributed by atoms with van der Waals surface area (Å²) in [5, 5.41) is 6.72. The fourth-order valence-corrected chi connectivity index (χ4v) is 3.99. The third-order valence-electron chi connectivity index (χ3n) is 3.50. The second-order valence-corrected chi connectivity index (χ2v) is 7.33. The minimum Gasteiger partial charge on any atom is -0.465 e. The van der Waals surface area contributed by atoms with E-state index in [1.807, 2.05) is 66.9 Å². The number of hydrogen-bond acceptors (Lipinski definition) is 6. The van der Waals surface area contributed by atoms with Crippen molar-refractivity contribution in [2.75, 3.05) is 24.0 Å². The number of para-hydroxylation sites is 1. The summed E-state index contributed by atoms with van der Waals surface area (Å²) in [6.45, 7) is 0. The smallest absolute Gasteiger partial charge is 0.348 e. The van der Waals surface area contributed by atoms with Gasteiger partial charge in [-0.25, -0.2) is 4.79 Å². The van der Waals surface area contributed by atoms with Crippen molar-refractivity contribution >= 4 is 51.8 Å². The highest BCUT2D eigenvalue weighted by Crippen LogP contribution is 2.37. The highest BCUT2D eigenvalue weighted by Gasteiger charge is 2.14. The summed E-state index contributed by atoms with van der Waals surface area (Å²) in [6.07, 6.45) is 1.99. The zero-order valence-electron chi connectivity index (χ0n) is 13.9. The van der Waals surface area contributed by atoms with Crippen LogP contribution in [-0.4, -0.2) is 19.3 Å². The summed E-state index contributed by atoms with van der Waals surface area (Å²) >= 11 is 3.03. The SMILES string of the molecule is COC(=O)c1cc(Nc2ccc(Nc3ccccc3)cc2)c(SC)s1. The van der Waals surface area contributed by atoms with Gasteiger partial charge in [-0.3, -0.25) is 0 Å². The van der Waals surface area contributed by atoms with Gasteiger partial charge in [-0.1, -0.05) is 18.2 Å². The van der Waals surface area contributed by atoms with Gasteiger partial charge in [0.2, 0.25) is 0 Å². The minimum atomic E-state index is -0.309. The van der Waals surface area contributed by atoms with Gasteiger partial charge in [0, 0.05) is 17.1 Å². The molecule has 2 N–H and O–H groups in total. The Hall–Kier alpha value is -2.44. The van der Waals surface area contributed by atoms with Gasteiger partial charge in [-0.2, -0.15) is 0 Å². The highest BCUT2D eigenvalue weighted by molar-refractivity contribution is 8.00. The van der Waals surface area contributed by atoms with E-state index in [-0.39, 0.29) is 5.97 Å². The number of benzene rings is 2. The van der Waals surface area contributed by atoms with E-state index in [4.69, 9.17) is 4.74 Å². The van der Waals surface area contributed by atoms with Gasteiger partial charge in [0.15, 0.2) is 0 Å². The molecule has 6 heteroatoms. The van der Waals surface area contributed by atoms with E-state index in [1.165, 1.54) is 18.4 Å². The Balaban J connectivity index is 1.73. The molecule has 0 unspecified atom stereocenters. The zero-order valence-corrected chi connectivity index (χ0v) is 15.5. The number of rotatable bonds is 6. The molecule has 0 aliphatic rings. The van der Waals surface area contributed by atoms with Crippen LogP contribution >= 0.6 is 23.1 Å². The molecule has 0 bridgehead atoms. The van der Waals surface area contributed by atoms with E-state index < -0.39 is 0 Å². The largest absolute Gasteiger partial charge is 0.465 e. The molecule has 128 valence electrons. The number of nitrogens with one attached hydrogen (secondary N) is 2.